The zero-order valence-corrected chi connectivity index (χ0v) is 8.34. The fourth-order valence-corrected chi connectivity index (χ4v) is 1.23. The van der Waals surface area contributed by atoms with E-state index >= 15 is 0 Å². The lowest BCUT2D eigenvalue weighted by molar-refractivity contribution is 0.439. The van der Waals surface area contributed by atoms with Crippen LogP contribution in [0, 0.1) is 6.92 Å². The van der Waals surface area contributed by atoms with Gasteiger partial charge in [0.15, 0.2) is 0 Å². The highest BCUT2D eigenvalue weighted by atomic mass is 16.5. The van der Waals surface area contributed by atoms with Gasteiger partial charge in [-0.3, -0.25) is 0 Å². The van der Waals surface area contributed by atoms with E-state index in [0.717, 1.165) is 0 Å². The second kappa shape index (κ2) is 4.00. The van der Waals surface area contributed by atoms with Crippen LogP contribution in [0.5, 0.6) is 17.4 Å². The van der Waals surface area contributed by atoms with Crippen LogP contribution in [-0.4, -0.2) is 10.1 Å². The van der Waals surface area contributed by atoms with Gasteiger partial charge in [0, 0.05) is 17.8 Å². The van der Waals surface area contributed by atoms with Gasteiger partial charge in [-0.2, -0.15) is 0 Å². The molecule has 0 bridgehead atoms. The Morgan fingerprint density at radius 2 is 2.00 bits per heavy atom. The molecule has 0 atom stereocenters. The SMILES string of the molecule is Cc1c(O)cccc1Oc1ccccn1. The highest BCUT2D eigenvalue weighted by Gasteiger charge is 2.04. The third-order valence-corrected chi connectivity index (χ3v) is 2.11. The lowest BCUT2D eigenvalue weighted by atomic mass is 10.2. The van der Waals surface area contributed by atoms with Crippen molar-refractivity contribution in [2.45, 2.75) is 6.92 Å². The number of nitrogens with zero attached hydrogens (tertiary/aromatic N) is 1. The molecule has 0 radical (unpaired) electrons. The van der Waals surface area contributed by atoms with Crippen LogP contribution in [0.2, 0.25) is 0 Å². The number of benzene rings is 1. The molecule has 76 valence electrons. The van der Waals surface area contributed by atoms with E-state index in [1.165, 1.54) is 0 Å². The Bertz CT molecular complexity index is 454. The van der Waals surface area contributed by atoms with Gasteiger partial charge in [-0.25, -0.2) is 4.98 Å². The Morgan fingerprint density at radius 3 is 2.73 bits per heavy atom. The van der Waals surface area contributed by atoms with E-state index in [2.05, 4.69) is 4.98 Å². The fourth-order valence-electron chi connectivity index (χ4n) is 1.23. The number of ether oxygens (including phenoxy) is 1. The van der Waals surface area contributed by atoms with Gasteiger partial charge in [-0.15, -0.1) is 0 Å². The van der Waals surface area contributed by atoms with Gasteiger partial charge in [-0.05, 0) is 25.1 Å². The molecule has 0 aliphatic carbocycles. The first-order chi connectivity index (χ1) is 7.27. The first-order valence-corrected chi connectivity index (χ1v) is 4.65. The van der Waals surface area contributed by atoms with Crippen molar-refractivity contribution >= 4 is 0 Å². The van der Waals surface area contributed by atoms with Gasteiger partial charge in [0.05, 0.1) is 0 Å². The predicted molar refractivity (Wildman–Crippen MR) is 57.2 cm³/mol. The van der Waals surface area contributed by atoms with E-state index in [1.54, 1.807) is 37.4 Å². The van der Waals surface area contributed by atoms with E-state index in [9.17, 15) is 5.11 Å². The van der Waals surface area contributed by atoms with E-state index in [1.807, 2.05) is 12.1 Å². The van der Waals surface area contributed by atoms with Crippen molar-refractivity contribution in [1.29, 1.82) is 0 Å². The zero-order valence-electron chi connectivity index (χ0n) is 8.34. The number of aromatic nitrogens is 1. The second-order valence-corrected chi connectivity index (χ2v) is 3.17. The summed E-state index contributed by atoms with van der Waals surface area (Å²) in [7, 11) is 0. The van der Waals surface area contributed by atoms with Gasteiger partial charge in [0.25, 0.3) is 0 Å². The van der Waals surface area contributed by atoms with Crippen molar-refractivity contribution in [2.24, 2.45) is 0 Å². The Hall–Kier alpha value is -2.03. The molecule has 1 N–H and O–H groups in total. The third-order valence-electron chi connectivity index (χ3n) is 2.11. The summed E-state index contributed by atoms with van der Waals surface area (Å²) >= 11 is 0. The van der Waals surface area contributed by atoms with E-state index in [4.69, 9.17) is 4.74 Å². The summed E-state index contributed by atoms with van der Waals surface area (Å²) in [5, 5.41) is 9.48. The van der Waals surface area contributed by atoms with Crippen LogP contribution in [0.1, 0.15) is 5.56 Å². The van der Waals surface area contributed by atoms with E-state index < -0.39 is 0 Å². The summed E-state index contributed by atoms with van der Waals surface area (Å²) in [6.07, 6.45) is 1.66. The summed E-state index contributed by atoms with van der Waals surface area (Å²) in [4.78, 5) is 4.04. The molecule has 1 aromatic heterocycles. The molecule has 1 heterocycles. The molecule has 2 aromatic rings. The average molecular weight is 201 g/mol. The van der Waals surface area contributed by atoms with Gasteiger partial charge in [-0.1, -0.05) is 12.1 Å². The molecule has 1 aromatic carbocycles. The van der Waals surface area contributed by atoms with Gasteiger partial charge < -0.3 is 9.84 Å². The predicted octanol–water partition coefficient (Wildman–Crippen LogP) is 2.89. The first-order valence-electron chi connectivity index (χ1n) is 4.65. The maximum Gasteiger partial charge on any atom is 0.219 e. The first kappa shape index (κ1) is 9.52. The van der Waals surface area contributed by atoms with Crippen molar-refractivity contribution in [3.8, 4) is 17.4 Å². The normalized spacial score (nSPS) is 9.93. The van der Waals surface area contributed by atoms with Crippen LogP contribution >= 0.6 is 0 Å². The summed E-state index contributed by atoms with van der Waals surface area (Å²) in [6.45, 7) is 1.80. The topological polar surface area (TPSA) is 42.4 Å². The average Bonchev–Trinajstić information content (AvgIpc) is 2.26. The zero-order chi connectivity index (χ0) is 10.7. The lowest BCUT2D eigenvalue weighted by Gasteiger charge is -2.08. The summed E-state index contributed by atoms with van der Waals surface area (Å²) < 4.78 is 5.52. The van der Waals surface area contributed by atoms with Crippen molar-refractivity contribution < 1.29 is 9.84 Å². The minimum atomic E-state index is 0.225. The lowest BCUT2D eigenvalue weighted by Crippen LogP contribution is -1.89. The molecule has 0 aliphatic heterocycles. The molecule has 0 fully saturated rings. The van der Waals surface area contributed by atoms with Crippen LogP contribution < -0.4 is 4.74 Å². The third kappa shape index (κ3) is 2.07. The van der Waals surface area contributed by atoms with Crippen LogP contribution in [0.3, 0.4) is 0 Å². The number of phenolic OH excluding ortho intramolecular Hbond substituents is 1. The van der Waals surface area contributed by atoms with Crippen molar-refractivity contribution in [3.05, 3.63) is 48.2 Å². The number of pyridine rings is 1. The van der Waals surface area contributed by atoms with Crippen LogP contribution in [0.4, 0.5) is 0 Å². The monoisotopic (exact) mass is 201 g/mol. The summed E-state index contributed by atoms with van der Waals surface area (Å²) in [5.41, 5.74) is 0.711. The van der Waals surface area contributed by atoms with Crippen molar-refractivity contribution in [1.82, 2.24) is 4.98 Å². The Morgan fingerprint density at radius 1 is 1.13 bits per heavy atom. The summed E-state index contributed by atoms with van der Waals surface area (Å²) in [6, 6.07) is 10.6. The number of hydrogen-bond acceptors (Lipinski definition) is 3. The molecule has 0 saturated heterocycles. The van der Waals surface area contributed by atoms with Crippen LogP contribution in [0.25, 0.3) is 0 Å². The maximum absolute atomic E-state index is 9.48. The molecule has 0 saturated carbocycles. The van der Waals surface area contributed by atoms with Gasteiger partial charge in [0.2, 0.25) is 5.88 Å². The van der Waals surface area contributed by atoms with Crippen molar-refractivity contribution in [3.63, 3.8) is 0 Å². The van der Waals surface area contributed by atoms with Crippen LogP contribution in [0.15, 0.2) is 42.6 Å². The smallest absolute Gasteiger partial charge is 0.219 e. The van der Waals surface area contributed by atoms with E-state index in [-0.39, 0.29) is 5.75 Å². The standard InChI is InChI=1S/C12H11NO2/c1-9-10(14)5-4-6-11(9)15-12-7-2-3-8-13-12/h2-8,14H,1H3. The number of hydrogen-bond donors (Lipinski definition) is 1. The number of phenols is 1. The minimum absolute atomic E-state index is 0.225. The molecular formula is C12H11NO2. The molecular weight excluding hydrogens is 190 g/mol. The molecule has 15 heavy (non-hydrogen) atoms. The van der Waals surface area contributed by atoms with E-state index in [0.29, 0.717) is 17.2 Å². The quantitative estimate of drug-likeness (QED) is 0.812. The summed E-state index contributed by atoms with van der Waals surface area (Å²) in [5.74, 6) is 1.36. The second-order valence-electron chi connectivity index (χ2n) is 3.17. The van der Waals surface area contributed by atoms with Crippen LogP contribution in [-0.2, 0) is 0 Å². The molecule has 0 amide bonds. The largest absolute Gasteiger partial charge is 0.508 e. The fraction of sp³-hybridized carbons (Fsp3) is 0.0833. The highest BCUT2D eigenvalue weighted by Crippen LogP contribution is 2.29. The molecule has 3 nitrogen and oxygen atoms in total. The molecule has 0 unspecified atom stereocenters. The Kier molecular flexibility index (Phi) is 2.54. The number of rotatable bonds is 2. The molecule has 0 aliphatic rings. The minimum Gasteiger partial charge on any atom is -0.508 e. The Balaban J connectivity index is 2.29. The Labute approximate surface area is 88.0 Å². The van der Waals surface area contributed by atoms with Crippen molar-refractivity contribution in [2.75, 3.05) is 0 Å². The molecule has 2 rings (SSSR count). The highest BCUT2D eigenvalue weighted by molar-refractivity contribution is 5.43. The van der Waals surface area contributed by atoms with Gasteiger partial charge in [0.1, 0.15) is 11.5 Å². The maximum atomic E-state index is 9.48. The number of aromatic hydroxyl groups is 1. The molecule has 3 heteroatoms. The molecule has 0 spiro atoms. The van der Waals surface area contributed by atoms with Gasteiger partial charge >= 0.3 is 0 Å².